The first-order valence-corrected chi connectivity index (χ1v) is 13.9. The molecule has 3 saturated heterocycles. The van der Waals surface area contributed by atoms with Crippen molar-refractivity contribution in [1.82, 2.24) is 10.6 Å². The molecule has 0 spiro atoms. The molecule has 12 heteroatoms. The highest BCUT2D eigenvalue weighted by Crippen LogP contribution is 2.34. The number of hydrogen-bond acceptors (Lipinski definition) is 9. The zero-order valence-corrected chi connectivity index (χ0v) is 22.3. The van der Waals surface area contributed by atoms with Gasteiger partial charge in [0.25, 0.3) is 6.47 Å². The molecule has 11 atom stereocenters. The molecule has 0 aromatic rings. The van der Waals surface area contributed by atoms with E-state index in [0.717, 1.165) is 25.8 Å². The maximum Gasteiger partial charge on any atom is 0.290 e. The maximum absolute atomic E-state index is 13.3. The molecule has 3 aliphatic rings. The van der Waals surface area contributed by atoms with E-state index in [0.29, 0.717) is 18.4 Å². The molecule has 0 radical (unpaired) electrons. The van der Waals surface area contributed by atoms with Crippen LogP contribution < -0.4 is 10.6 Å². The molecule has 0 aromatic heterocycles. The normalized spacial score (nSPS) is 38.9. The Morgan fingerprint density at radius 3 is 2.46 bits per heavy atom. The largest absolute Gasteiger partial charge is 0.483 e. The lowest BCUT2D eigenvalue weighted by molar-refractivity contribution is -0.205. The van der Waals surface area contributed by atoms with Crippen molar-refractivity contribution >= 4 is 35.7 Å². The zero-order valence-electron chi connectivity index (χ0n) is 20.7. The van der Waals surface area contributed by atoms with Gasteiger partial charge >= 0.3 is 0 Å². The van der Waals surface area contributed by atoms with Crippen molar-refractivity contribution < 1.29 is 39.5 Å². The number of amides is 1. The molecule has 0 unspecified atom stereocenters. The van der Waals surface area contributed by atoms with Gasteiger partial charge in [-0.05, 0) is 50.2 Å². The fraction of sp³-hybridized carbons (Fsp3) is 0.913. The van der Waals surface area contributed by atoms with E-state index >= 15 is 0 Å². The van der Waals surface area contributed by atoms with Gasteiger partial charge in [0.05, 0.1) is 17.5 Å². The minimum atomic E-state index is -1.39. The Balaban J connectivity index is 0.00000137. The molecule has 0 aromatic carbocycles. The first-order chi connectivity index (χ1) is 16.5. The number of hydrogen-bond donors (Lipinski definition) is 6. The van der Waals surface area contributed by atoms with Crippen LogP contribution in [-0.4, -0.2) is 106 Å². The number of rotatable bonds is 7. The number of carboxylic acid groups (broad SMARTS) is 1. The highest BCUT2D eigenvalue weighted by Gasteiger charge is 2.49. The predicted octanol–water partition coefficient (Wildman–Crippen LogP) is 0.399. The van der Waals surface area contributed by atoms with Crippen LogP contribution in [0.5, 0.6) is 0 Å². The van der Waals surface area contributed by atoms with Crippen molar-refractivity contribution in [2.24, 2.45) is 17.8 Å². The molecule has 3 aliphatic heterocycles. The number of aliphatic hydroxyl groups is 3. The lowest BCUT2D eigenvalue weighted by Crippen LogP contribution is -2.65. The van der Waals surface area contributed by atoms with Crippen molar-refractivity contribution in [2.75, 3.05) is 19.4 Å². The Kier molecular flexibility index (Phi) is 12.5. The molecule has 35 heavy (non-hydrogen) atoms. The van der Waals surface area contributed by atoms with Crippen LogP contribution in [0.2, 0.25) is 0 Å². The van der Waals surface area contributed by atoms with Crippen molar-refractivity contribution in [1.29, 1.82) is 0 Å². The standard InChI is InChI=1S/C22H39ClN2O6S.CH2O2/c1-10(2)7-12-5-6-30-19-13(8-12)9-24-15(19)21(29)25-14(11(3)23)20-17(27)16(26)18(28)22(31-20)32-4;2-1-3/h10-20,22,24,26-28H,5-9H2,1-4H3,(H,25,29);1H,(H,2,3)/t11-,12-,13-,14+,15-,16-,17+,18+,19+,20+,22+;/m0./s1. The second kappa shape index (κ2) is 14.3. The second-order valence-corrected chi connectivity index (χ2v) is 11.6. The van der Waals surface area contributed by atoms with E-state index in [4.69, 9.17) is 31.0 Å². The van der Waals surface area contributed by atoms with E-state index in [2.05, 4.69) is 24.5 Å². The van der Waals surface area contributed by atoms with Gasteiger partial charge in [-0.1, -0.05) is 13.8 Å². The van der Waals surface area contributed by atoms with E-state index in [1.54, 1.807) is 13.2 Å². The maximum atomic E-state index is 13.3. The first-order valence-electron chi connectivity index (χ1n) is 12.1. The van der Waals surface area contributed by atoms with Gasteiger partial charge < -0.3 is 40.5 Å². The summed E-state index contributed by atoms with van der Waals surface area (Å²) in [5.41, 5.74) is -0.731. The number of halogens is 1. The monoisotopic (exact) mass is 540 g/mol. The Labute approximate surface area is 216 Å². The van der Waals surface area contributed by atoms with Crippen molar-refractivity contribution in [3.63, 3.8) is 0 Å². The average Bonchev–Trinajstić information content (AvgIpc) is 3.08. The molecule has 0 aliphatic carbocycles. The molecule has 0 bridgehead atoms. The van der Waals surface area contributed by atoms with Gasteiger partial charge in [0.15, 0.2) is 0 Å². The van der Waals surface area contributed by atoms with Crippen LogP contribution in [0.4, 0.5) is 0 Å². The highest BCUT2D eigenvalue weighted by molar-refractivity contribution is 7.99. The topological polar surface area (TPSA) is 158 Å². The van der Waals surface area contributed by atoms with Gasteiger partial charge in [-0.2, -0.15) is 0 Å². The third kappa shape index (κ3) is 7.91. The Morgan fingerprint density at radius 1 is 1.23 bits per heavy atom. The number of thioether (sulfide) groups is 1. The van der Waals surface area contributed by atoms with Crippen LogP contribution in [0.25, 0.3) is 0 Å². The average molecular weight is 541 g/mol. The van der Waals surface area contributed by atoms with Gasteiger partial charge in [0, 0.05) is 13.2 Å². The zero-order chi connectivity index (χ0) is 26.3. The Bertz CT molecular complexity index is 673. The number of ether oxygens (including phenoxy) is 2. The smallest absolute Gasteiger partial charge is 0.290 e. The van der Waals surface area contributed by atoms with Gasteiger partial charge in [-0.25, -0.2) is 0 Å². The second-order valence-electron chi connectivity index (χ2n) is 10.00. The predicted molar refractivity (Wildman–Crippen MR) is 133 cm³/mol. The molecule has 6 N–H and O–H groups in total. The molecule has 1 amide bonds. The van der Waals surface area contributed by atoms with Gasteiger partial charge in [0.2, 0.25) is 5.91 Å². The highest BCUT2D eigenvalue weighted by atomic mass is 35.5. The van der Waals surface area contributed by atoms with E-state index in [-0.39, 0.29) is 24.4 Å². The molecular formula is C23H41ClN2O8S. The van der Waals surface area contributed by atoms with Gasteiger partial charge in [-0.3, -0.25) is 9.59 Å². The summed E-state index contributed by atoms with van der Waals surface area (Å²) in [6, 6.07) is -1.26. The fourth-order valence-corrected chi connectivity index (χ4v) is 6.24. The summed E-state index contributed by atoms with van der Waals surface area (Å²) in [7, 11) is 0. The number of fused-ring (bicyclic) bond motifs is 1. The Hall–Kier alpha value is -0.660. The van der Waals surface area contributed by atoms with Gasteiger partial charge in [-0.15, -0.1) is 23.4 Å². The molecule has 3 heterocycles. The van der Waals surface area contributed by atoms with Crippen LogP contribution in [-0.2, 0) is 19.1 Å². The molecule has 10 nitrogen and oxygen atoms in total. The molecule has 3 rings (SSSR count). The van der Waals surface area contributed by atoms with Crippen molar-refractivity contribution in [2.45, 2.75) is 93.5 Å². The van der Waals surface area contributed by atoms with E-state index < -0.39 is 47.3 Å². The Morgan fingerprint density at radius 2 is 1.89 bits per heavy atom. The quantitative estimate of drug-likeness (QED) is 0.197. The lowest BCUT2D eigenvalue weighted by atomic mass is 9.85. The summed E-state index contributed by atoms with van der Waals surface area (Å²) < 4.78 is 12.0. The fourth-order valence-electron chi connectivity index (χ4n) is 5.35. The van der Waals surface area contributed by atoms with E-state index in [1.807, 2.05) is 0 Å². The van der Waals surface area contributed by atoms with Crippen LogP contribution in [0.15, 0.2) is 0 Å². The summed E-state index contributed by atoms with van der Waals surface area (Å²) >= 11 is 7.62. The lowest BCUT2D eigenvalue weighted by Gasteiger charge is -2.44. The minimum absolute atomic E-state index is 0.206. The molecule has 3 fully saturated rings. The van der Waals surface area contributed by atoms with Crippen LogP contribution in [0, 0.1) is 17.8 Å². The third-order valence-electron chi connectivity index (χ3n) is 6.95. The number of aliphatic hydroxyl groups excluding tert-OH is 3. The molecule has 204 valence electrons. The summed E-state index contributed by atoms with van der Waals surface area (Å²) in [5.74, 6) is 1.26. The number of nitrogens with one attached hydrogen (secondary N) is 2. The van der Waals surface area contributed by atoms with E-state index in [9.17, 15) is 20.1 Å². The van der Waals surface area contributed by atoms with Crippen LogP contribution in [0.1, 0.15) is 40.0 Å². The van der Waals surface area contributed by atoms with Crippen molar-refractivity contribution in [3.8, 4) is 0 Å². The van der Waals surface area contributed by atoms with Gasteiger partial charge in [0.1, 0.15) is 35.9 Å². The summed E-state index contributed by atoms with van der Waals surface area (Å²) in [5, 5.41) is 43.5. The van der Waals surface area contributed by atoms with E-state index in [1.165, 1.54) is 11.8 Å². The number of carbonyl (C=O) groups excluding carboxylic acids is 1. The van der Waals surface area contributed by atoms with Crippen molar-refractivity contribution in [3.05, 3.63) is 0 Å². The molecule has 0 saturated carbocycles. The summed E-state index contributed by atoms with van der Waals surface area (Å²) in [4.78, 5) is 21.6. The van der Waals surface area contributed by atoms with Crippen LogP contribution >= 0.6 is 23.4 Å². The number of alkyl halides is 1. The third-order valence-corrected chi connectivity index (χ3v) is 8.08. The minimum Gasteiger partial charge on any atom is -0.483 e. The number of carbonyl (C=O) groups is 2. The molecular weight excluding hydrogens is 500 g/mol. The first kappa shape index (κ1) is 30.6. The summed E-state index contributed by atoms with van der Waals surface area (Å²) in [6.07, 6.45) is -0.199. The summed E-state index contributed by atoms with van der Waals surface area (Å²) in [6.45, 7) is 7.29. The SMILES string of the molecule is CS[C@H]1O[C@H]([C@H](NC(=O)[C@H]2NC[C@@H]3C[C@H](CC(C)C)CCO[C@H]32)[C@H](C)Cl)[C@H](O)[C@H](O)[C@H]1O.O=CO. The van der Waals surface area contributed by atoms with Crippen LogP contribution in [0.3, 0.4) is 0 Å².